The molecule has 0 spiro atoms. The molecule has 2 fully saturated rings. The average Bonchev–Trinajstić information content (AvgIpc) is 4.17. The van der Waals surface area contributed by atoms with E-state index >= 15 is 0 Å². The fourth-order valence-electron chi connectivity index (χ4n) is 11.0. The van der Waals surface area contributed by atoms with Crippen molar-refractivity contribution in [3.8, 4) is 22.3 Å². The smallest absolute Gasteiger partial charge is 0.305 e. The third-order valence-corrected chi connectivity index (χ3v) is 14.8. The van der Waals surface area contributed by atoms with Crippen LogP contribution in [0.3, 0.4) is 0 Å². The summed E-state index contributed by atoms with van der Waals surface area (Å²) in [5.41, 5.74) is 9.54. The Morgan fingerprint density at radius 2 is 1.22 bits per heavy atom. The van der Waals surface area contributed by atoms with Gasteiger partial charge in [-0.05, 0) is 150 Å². The van der Waals surface area contributed by atoms with Gasteiger partial charge in [-0.3, -0.25) is 38.7 Å². The molecule has 5 atom stereocenters. The average molecular weight is 993 g/mol. The van der Waals surface area contributed by atoms with Crippen molar-refractivity contribution in [3.05, 3.63) is 140 Å². The van der Waals surface area contributed by atoms with Crippen molar-refractivity contribution in [1.82, 2.24) is 30.1 Å². The molecular formula is C59H72N6O8. The summed E-state index contributed by atoms with van der Waals surface area (Å²) in [6.45, 7) is 20.4. The number of carboxylic acid groups (broad SMARTS) is 2. The summed E-state index contributed by atoms with van der Waals surface area (Å²) in [6.07, 6.45) is 10.5. The summed E-state index contributed by atoms with van der Waals surface area (Å²) in [5, 5.41) is 26.2. The van der Waals surface area contributed by atoms with Crippen molar-refractivity contribution in [2.45, 2.75) is 150 Å². The van der Waals surface area contributed by atoms with Crippen LogP contribution in [-0.2, 0) is 24.0 Å². The molecule has 4 heterocycles. The maximum atomic E-state index is 14.6. The SMILES string of the molecule is Cc1cccc(C)c1-c1cncc([C@H](CC(=O)O)NC(=O)[C@H](CC(C)C)N2CC(C)(C)C(c3ccc(C)c(-c4cncc([C@H](CC(=O)O)NC(=O)[C@H](CC(C)C)n5cc(C6CC6)ccc5=O)c4)c3C)CC2=O)c1. The maximum Gasteiger partial charge on any atom is 0.305 e. The zero-order chi connectivity index (χ0) is 53.1. The van der Waals surface area contributed by atoms with Gasteiger partial charge in [-0.25, -0.2) is 0 Å². The molecule has 14 nitrogen and oxygen atoms in total. The minimum absolute atomic E-state index is 0.0288. The zero-order valence-electron chi connectivity index (χ0n) is 44.0. The van der Waals surface area contributed by atoms with Crippen LogP contribution in [0.2, 0.25) is 0 Å². The molecule has 2 aliphatic rings. The molecule has 0 bridgehead atoms. The predicted molar refractivity (Wildman–Crippen MR) is 282 cm³/mol. The molecule has 1 saturated carbocycles. The number of hydrogen-bond acceptors (Lipinski definition) is 8. The number of aryl methyl sites for hydroxylation is 3. The number of aromatic nitrogens is 3. The van der Waals surface area contributed by atoms with Gasteiger partial charge in [0.05, 0.1) is 24.9 Å². The lowest BCUT2D eigenvalue weighted by Crippen LogP contribution is -2.57. The number of hydrogen-bond donors (Lipinski definition) is 4. The van der Waals surface area contributed by atoms with E-state index in [1.165, 1.54) is 10.6 Å². The van der Waals surface area contributed by atoms with E-state index in [1.54, 1.807) is 35.9 Å². The van der Waals surface area contributed by atoms with E-state index in [0.717, 1.165) is 62.9 Å². The molecule has 0 radical (unpaired) electrons. The quantitative estimate of drug-likeness (QED) is 0.0582. The van der Waals surface area contributed by atoms with Crippen LogP contribution >= 0.6 is 0 Å². The number of aliphatic carboxylic acids is 2. The highest BCUT2D eigenvalue weighted by atomic mass is 16.4. The third-order valence-electron chi connectivity index (χ3n) is 14.8. The van der Waals surface area contributed by atoms with E-state index in [9.17, 15) is 39.0 Å². The molecule has 1 unspecified atom stereocenters. The van der Waals surface area contributed by atoms with Gasteiger partial charge in [-0.2, -0.15) is 0 Å². The molecule has 7 rings (SSSR count). The highest BCUT2D eigenvalue weighted by molar-refractivity contribution is 5.89. The van der Waals surface area contributed by atoms with Crippen LogP contribution in [0, 0.1) is 44.9 Å². The van der Waals surface area contributed by atoms with Crippen LogP contribution in [0.25, 0.3) is 22.3 Å². The Bertz CT molecular complexity index is 2930. The van der Waals surface area contributed by atoms with E-state index in [1.807, 2.05) is 97.9 Å². The summed E-state index contributed by atoms with van der Waals surface area (Å²) in [6, 6.07) is 13.6. The Hall–Kier alpha value is -6.96. The molecule has 4 N–H and O–H groups in total. The van der Waals surface area contributed by atoms with Gasteiger partial charge >= 0.3 is 11.9 Å². The van der Waals surface area contributed by atoms with Crippen LogP contribution in [0.15, 0.2) is 90.4 Å². The van der Waals surface area contributed by atoms with Crippen molar-refractivity contribution in [2.75, 3.05) is 6.54 Å². The Kier molecular flexibility index (Phi) is 16.5. The Morgan fingerprint density at radius 1 is 0.699 bits per heavy atom. The van der Waals surface area contributed by atoms with Gasteiger partial charge in [0.1, 0.15) is 12.1 Å². The summed E-state index contributed by atoms with van der Waals surface area (Å²) < 4.78 is 1.49. The van der Waals surface area contributed by atoms with Crippen molar-refractivity contribution in [2.24, 2.45) is 17.3 Å². The topological polar surface area (TPSA) is 201 Å². The Morgan fingerprint density at radius 3 is 1.75 bits per heavy atom. The molecule has 73 heavy (non-hydrogen) atoms. The number of benzene rings is 2. The third kappa shape index (κ3) is 12.6. The first-order chi connectivity index (χ1) is 34.5. The summed E-state index contributed by atoms with van der Waals surface area (Å²) in [5.74, 6) is -3.06. The molecule has 1 saturated heterocycles. The minimum Gasteiger partial charge on any atom is -0.481 e. The first kappa shape index (κ1) is 53.8. The standard InChI is InChI=1S/C59H72N6O8/c1-33(2)20-49(64-31-40(39-15-16-39)17-19-51(64)66)57(72)62-48(26-54(70)71)42-23-44(30-61-28-42)56-37(7)14-18-45(38(56)8)46-24-52(67)65(32-59(46,9)10)50(21-34(3)4)58(73)63-47(25-53(68)69)41-22-43(29-60-27-41)55-35(5)12-11-13-36(55)6/h11-14,17-19,22-23,27-31,33-34,39,46-50H,15-16,20-21,24-26,32H2,1-10H3,(H,62,72)(H,63,73)(H,68,69)(H,70,71)/t46?,47-,48-,49-,50-/m0/s1. The second-order valence-electron chi connectivity index (χ2n) is 22.1. The van der Waals surface area contributed by atoms with Crippen molar-refractivity contribution < 1.29 is 34.2 Å². The zero-order valence-corrected chi connectivity index (χ0v) is 44.0. The first-order valence-corrected chi connectivity index (χ1v) is 25.7. The molecular weight excluding hydrogens is 921 g/mol. The fourth-order valence-corrected chi connectivity index (χ4v) is 11.0. The monoisotopic (exact) mass is 993 g/mol. The number of likely N-dealkylation sites (tertiary alicyclic amines) is 1. The highest BCUT2D eigenvalue weighted by Crippen LogP contribution is 2.47. The van der Waals surface area contributed by atoms with Crippen LogP contribution in [0.4, 0.5) is 0 Å². The van der Waals surface area contributed by atoms with E-state index in [4.69, 9.17) is 0 Å². The minimum atomic E-state index is -1.11. The van der Waals surface area contributed by atoms with E-state index in [2.05, 4.69) is 40.5 Å². The lowest BCUT2D eigenvalue weighted by molar-refractivity contribution is -0.148. The van der Waals surface area contributed by atoms with Gasteiger partial charge in [0.25, 0.3) is 5.56 Å². The van der Waals surface area contributed by atoms with E-state index < -0.39 is 59.8 Å². The first-order valence-electron chi connectivity index (χ1n) is 25.7. The van der Waals surface area contributed by atoms with E-state index in [0.29, 0.717) is 35.4 Å². The second kappa shape index (κ2) is 22.4. The number of piperidine rings is 1. The molecule has 386 valence electrons. The highest BCUT2D eigenvalue weighted by Gasteiger charge is 2.45. The fraction of sp³-hybridized carbons (Fsp3) is 0.458. The molecule has 3 amide bonds. The number of carbonyl (C=O) groups excluding carboxylic acids is 3. The van der Waals surface area contributed by atoms with Crippen LogP contribution in [0.5, 0.6) is 0 Å². The largest absolute Gasteiger partial charge is 0.481 e. The summed E-state index contributed by atoms with van der Waals surface area (Å²) in [4.78, 5) is 92.2. The lowest BCUT2D eigenvalue weighted by Gasteiger charge is -2.47. The number of carbonyl (C=O) groups is 5. The molecule has 5 aromatic rings. The Balaban J connectivity index is 1.15. The number of rotatable bonds is 20. The van der Waals surface area contributed by atoms with Gasteiger partial charge in [0, 0.05) is 61.1 Å². The lowest BCUT2D eigenvalue weighted by atomic mass is 9.68. The maximum absolute atomic E-state index is 14.6. The van der Waals surface area contributed by atoms with E-state index in [-0.39, 0.29) is 48.6 Å². The molecule has 3 aromatic heterocycles. The molecule has 2 aromatic carbocycles. The van der Waals surface area contributed by atoms with Gasteiger partial charge in [-0.1, -0.05) is 77.9 Å². The second-order valence-corrected chi connectivity index (χ2v) is 22.1. The normalized spacial score (nSPS) is 17.2. The molecule has 1 aliphatic carbocycles. The number of carboxylic acids is 2. The van der Waals surface area contributed by atoms with Crippen LogP contribution in [0.1, 0.15) is 161 Å². The number of amides is 3. The van der Waals surface area contributed by atoms with Crippen LogP contribution < -0.4 is 16.2 Å². The van der Waals surface area contributed by atoms with Crippen LogP contribution in [-0.4, -0.2) is 71.9 Å². The van der Waals surface area contributed by atoms with Crippen molar-refractivity contribution in [1.29, 1.82) is 0 Å². The number of pyridine rings is 3. The van der Waals surface area contributed by atoms with Gasteiger partial charge in [-0.15, -0.1) is 0 Å². The van der Waals surface area contributed by atoms with Gasteiger partial charge < -0.3 is 30.3 Å². The van der Waals surface area contributed by atoms with Crippen molar-refractivity contribution in [3.63, 3.8) is 0 Å². The van der Waals surface area contributed by atoms with Crippen molar-refractivity contribution >= 4 is 29.7 Å². The summed E-state index contributed by atoms with van der Waals surface area (Å²) in [7, 11) is 0. The molecule has 1 aliphatic heterocycles. The van der Waals surface area contributed by atoms with Gasteiger partial charge in [0.2, 0.25) is 17.7 Å². The summed E-state index contributed by atoms with van der Waals surface area (Å²) >= 11 is 0. The molecule has 14 heteroatoms. The Labute approximate surface area is 429 Å². The predicted octanol–water partition coefficient (Wildman–Crippen LogP) is 10.1. The number of nitrogens with one attached hydrogen (secondary N) is 2. The number of nitrogens with zero attached hydrogens (tertiary/aromatic N) is 4. The van der Waals surface area contributed by atoms with Gasteiger partial charge in [0.15, 0.2) is 0 Å².